The van der Waals surface area contributed by atoms with Crippen LogP contribution in [0.4, 0.5) is 24.7 Å². The zero-order chi connectivity index (χ0) is 24.5. The van der Waals surface area contributed by atoms with Crippen molar-refractivity contribution in [2.24, 2.45) is 0 Å². The fraction of sp³-hybridized carbons (Fsp3) is 0.391. The average molecular weight is 475 g/mol. The van der Waals surface area contributed by atoms with Gasteiger partial charge in [0, 0.05) is 25.8 Å². The Morgan fingerprint density at radius 2 is 2.00 bits per heavy atom. The summed E-state index contributed by atoms with van der Waals surface area (Å²) in [5, 5.41) is 5.51. The van der Waals surface area contributed by atoms with E-state index in [-0.39, 0.29) is 25.5 Å². The highest BCUT2D eigenvalue weighted by molar-refractivity contribution is 6.05. The Morgan fingerprint density at radius 1 is 1.24 bits per heavy atom. The van der Waals surface area contributed by atoms with Gasteiger partial charge in [-0.15, -0.1) is 0 Å². The summed E-state index contributed by atoms with van der Waals surface area (Å²) in [6, 6.07) is 5.36. The van der Waals surface area contributed by atoms with Gasteiger partial charge < -0.3 is 20.4 Å². The number of fused-ring (bicyclic) bond motifs is 3. The third-order valence-corrected chi connectivity index (χ3v) is 5.91. The summed E-state index contributed by atoms with van der Waals surface area (Å²) in [4.78, 5) is 45.4. The molecule has 1 atom stereocenters. The predicted octanol–water partition coefficient (Wildman–Crippen LogP) is 2.91. The number of amides is 3. The molecule has 1 aromatic heterocycles. The largest absolute Gasteiger partial charge is 0.417 e. The smallest absolute Gasteiger partial charge is 0.352 e. The van der Waals surface area contributed by atoms with Crippen LogP contribution in [0.2, 0.25) is 0 Å². The van der Waals surface area contributed by atoms with E-state index in [2.05, 4.69) is 15.6 Å². The van der Waals surface area contributed by atoms with Crippen molar-refractivity contribution in [1.82, 2.24) is 15.2 Å². The first-order valence-electron chi connectivity index (χ1n) is 11.0. The van der Waals surface area contributed by atoms with E-state index in [0.29, 0.717) is 23.6 Å². The molecular formula is C23H24F3N5O3. The summed E-state index contributed by atoms with van der Waals surface area (Å²) in [6.45, 7) is 2.79. The number of carbonyl (C=O) groups excluding carboxylic acids is 3. The molecular weight excluding hydrogens is 451 g/mol. The minimum absolute atomic E-state index is 0.0861. The number of alkyl halides is 3. The third kappa shape index (κ3) is 4.55. The number of hydrogen-bond acceptors (Lipinski definition) is 5. The van der Waals surface area contributed by atoms with Gasteiger partial charge in [-0.25, -0.2) is 4.98 Å². The van der Waals surface area contributed by atoms with Crippen LogP contribution in [0, 0.1) is 0 Å². The normalized spacial score (nSPS) is 17.5. The number of benzene rings is 1. The zero-order valence-corrected chi connectivity index (χ0v) is 18.5. The van der Waals surface area contributed by atoms with Crippen LogP contribution in [0.3, 0.4) is 0 Å². The summed E-state index contributed by atoms with van der Waals surface area (Å²) in [5.74, 6) is -1.03. The van der Waals surface area contributed by atoms with E-state index in [0.717, 1.165) is 25.0 Å². The molecule has 1 saturated heterocycles. The number of aromatic nitrogens is 1. The first-order chi connectivity index (χ1) is 16.2. The summed E-state index contributed by atoms with van der Waals surface area (Å²) < 4.78 is 40.1. The SMILES string of the molecule is CCCCNC(=O)c1cnc2c(c1)NC(=O)C1CN(C(=O)c3ccccc3C(F)(F)F)CCN21. The number of unbranched alkanes of at least 4 members (excludes halogenated alkanes) is 1. The molecule has 11 heteroatoms. The first kappa shape index (κ1) is 23.5. The van der Waals surface area contributed by atoms with Gasteiger partial charge in [0.15, 0.2) is 5.82 Å². The lowest BCUT2D eigenvalue weighted by atomic mass is 10.0. The highest BCUT2D eigenvalue weighted by Crippen LogP contribution is 2.35. The van der Waals surface area contributed by atoms with E-state index in [1.165, 1.54) is 23.2 Å². The van der Waals surface area contributed by atoms with Crippen molar-refractivity contribution in [2.75, 3.05) is 36.4 Å². The van der Waals surface area contributed by atoms with Crippen molar-refractivity contribution in [3.63, 3.8) is 0 Å². The van der Waals surface area contributed by atoms with Gasteiger partial charge in [0.1, 0.15) is 6.04 Å². The molecule has 3 heterocycles. The highest BCUT2D eigenvalue weighted by atomic mass is 19.4. The molecule has 2 N–H and O–H groups in total. The van der Waals surface area contributed by atoms with Gasteiger partial charge in [-0.3, -0.25) is 14.4 Å². The van der Waals surface area contributed by atoms with Gasteiger partial charge in [-0.2, -0.15) is 13.2 Å². The monoisotopic (exact) mass is 475 g/mol. The summed E-state index contributed by atoms with van der Waals surface area (Å²) in [5.41, 5.74) is -0.762. The molecule has 3 amide bonds. The van der Waals surface area contributed by atoms with Crippen molar-refractivity contribution in [3.8, 4) is 0 Å². The third-order valence-electron chi connectivity index (χ3n) is 5.91. The number of nitrogens with zero attached hydrogens (tertiary/aromatic N) is 3. The first-order valence-corrected chi connectivity index (χ1v) is 11.0. The minimum Gasteiger partial charge on any atom is -0.352 e. The molecule has 2 aliphatic rings. The second kappa shape index (κ2) is 9.32. The van der Waals surface area contributed by atoms with Gasteiger partial charge in [0.05, 0.1) is 28.9 Å². The number of pyridine rings is 1. The Bertz CT molecular complexity index is 1120. The molecule has 4 rings (SSSR count). The number of carbonyl (C=O) groups is 3. The van der Waals surface area contributed by atoms with Gasteiger partial charge in [-0.1, -0.05) is 25.5 Å². The van der Waals surface area contributed by atoms with E-state index in [4.69, 9.17) is 0 Å². The Kier molecular flexibility index (Phi) is 6.45. The molecule has 2 aliphatic heterocycles. The molecule has 0 bridgehead atoms. The minimum atomic E-state index is -4.67. The summed E-state index contributed by atoms with van der Waals surface area (Å²) in [7, 11) is 0. The Hall–Kier alpha value is -3.63. The Balaban J connectivity index is 1.52. The number of halogens is 3. The standard InChI is InChI=1S/C23H24F3N5O3/c1-2-3-8-27-20(32)14-11-17-19(28-12-14)31-10-9-30(13-18(31)21(33)29-17)22(34)15-6-4-5-7-16(15)23(24,25)26/h4-7,11-12,18H,2-3,8-10,13H2,1H3,(H,27,32)(H,29,33). The fourth-order valence-electron chi connectivity index (χ4n) is 4.13. The van der Waals surface area contributed by atoms with Gasteiger partial charge in [0.25, 0.3) is 11.8 Å². The van der Waals surface area contributed by atoms with Crippen LogP contribution in [0.25, 0.3) is 0 Å². The molecule has 0 saturated carbocycles. The van der Waals surface area contributed by atoms with Crippen molar-refractivity contribution in [2.45, 2.75) is 32.0 Å². The maximum atomic E-state index is 13.4. The van der Waals surface area contributed by atoms with Gasteiger partial charge in [-0.05, 0) is 24.6 Å². The Morgan fingerprint density at radius 3 is 2.74 bits per heavy atom. The van der Waals surface area contributed by atoms with Crippen LogP contribution < -0.4 is 15.5 Å². The van der Waals surface area contributed by atoms with Crippen LogP contribution in [0.15, 0.2) is 36.5 Å². The number of rotatable bonds is 5. The molecule has 34 heavy (non-hydrogen) atoms. The average Bonchev–Trinajstić information content (AvgIpc) is 2.82. The number of hydrogen-bond donors (Lipinski definition) is 2. The zero-order valence-electron chi connectivity index (χ0n) is 18.5. The molecule has 1 fully saturated rings. The second-order valence-electron chi connectivity index (χ2n) is 8.20. The lowest BCUT2D eigenvalue weighted by Gasteiger charge is -2.44. The van der Waals surface area contributed by atoms with Crippen LogP contribution in [-0.4, -0.2) is 59.8 Å². The number of nitrogens with one attached hydrogen (secondary N) is 2. The fourth-order valence-corrected chi connectivity index (χ4v) is 4.13. The van der Waals surface area contributed by atoms with Crippen molar-refractivity contribution in [1.29, 1.82) is 0 Å². The van der Waals surface area contributed by atoms with Crippen LogP contribution in [0.1, 0.15) is 46.0 Å². The highest BCUT2D eigenvalue weighted by Gasteiger charge is 2.42. The van der Waals surface area contributed by atoms with E-state index >= 15 is 0 Å². The molecule has 1 unspecified atom stereocenters. The van der Waals surface area contributed by atoms with Crippen molar-refractivity contribution >= 4 is 29.2 Å². The quantitative estimate of drug-likeness (QED) is 0.649. The van der Waals surface area contributed by atoms with Crippen LogP contribution >= 0.6 is 0 Å². The maximum Gasteiger partial charge on any atom is 0.417 e. The molecule has 0 radical (unpaired) electrons. The Labute approximate surface area is 194 Å². The number of anilines is 2. The van der Waals surface area contributed by atoms with E-state index < -0.39 is 35.2 Å². The van der Waals surface area contributed by atoms with Crippen LogP contribution in [0.5, 0.6) is 0 Å². The van der Waals surface area contributed by atoms with Gasteiger partial charge in [0.2, 0.25) is 5.91 Å². The molecule has 2 aromatic rings. The lowest BCUT2D eigenvalue weighted by molar-refractivity contribution is -0.138. The molecule has 8 nitrogen and oxygen atoms in total. The van der Waals surface area contributed by atoms with Gasteiger partial charge >= 0.3 is 6.18 Å². The lowest BCUT2D eigenvalue weighted by Crippen LogP contribution is -2.61. The van der Waals surface area contributed by atoms with E-state index in [9.17, 15) is 27.6 Å². The maximum absolute atomic E-state index is 13.4. The predicted molar refractivity (Wildman–Crippen MR) is 119 cm³/mol. The van der Waals surface area contributed by atoms with E-state index in [1.807, 2.05) is 6.92 Å². The number of piperazine rings is 1. The molecule has 1 aromatic carbocycles. The molecule has 0 spiro atoms. The molecule has 0 aliphatic carbocycles. The molecule has 180 valence electrons. The summed E-state index contributed by atoms with van der Waals surface area (Å²) in [6.07, 6.45) is -1.46. The van der Waals surface area contributed by atoms with E-state index in [1.54, 1.807) is 11.0 Å². The topological polar surface area (TPSA) is 94.6 Å². The summed E-state index contributed by atoms with van der Waals surface area (Å²) >= 11 is 0. The van der Waals surface area contributed by atoms with Crippen molar-refractivity contribution in [3.05, 3.63) is 53.2 Å². The van der Waals surface area contributed by atoms with Crippen LogP contribution in [-0.2, 0) is 11.0 Å². The van der Waals surface area contributed by atoms with Crippen molar-refractivity contribution < 1.29 is 27.6 Å². The second-order valence-corrected chi connectivity index (χ2v) is 8.20.